The third kappa shape index (κ3) is 3.87. The van der Waals surface area contributed by atoms with E-state index in [9.17, 15) is 14.7 Å². The molecule has 1 fully saturated rings. The summed E-state index contributed by atoms with van der Waals surface area (Å²) in [6, 6.07) is 7.07. The van der Waals surface area contributed by atoms with Crippen molar-refractivity contribution in [2.24, 2.45) is 5.41 Å². The number of carbonyl (C=O) groups excluding carboxylic acids is 1. The second-order valence-electron chi connectivity index (χ2n) is 6.51. The molecule has 6 nitrogen and oxygen atoms in total. The number of likely N-dealkylation sites (tertiary alicyclic amines) is 1. The van der Waals surface area contributed by atoms with Crippen molar-refractivity contribution < 1.29 is 24.2 Å². The number of carboxylic acids is 1. The Hall–Kier alpha value is -2.08. The van der Waals surface area contributed by atoms with Crippen molar-refractivity contribution in [1.29, 1.82) is 0 Å². The van der Waals surface area contributed by atoms with E-state index in [1.807, 2.05) is 19.9 Å². The zero-order valence-corrected chi connectivity index (χ0v) is 14.4. The lowest BCUT2D eigenvalue weighted by Crippen LogP contribution is -2.52. The molecule has 1 aliphatic rings. The molecular formula is C18H25NO5. The number of para-hydroxylation sites is 1. The van der Waals surface area contributed by atoms with Gasteiger partial charge in [0.1, 0.15) is 11.2 Å². The first-order valence-corrected chi connectivity index (χ1v) is 8.17. The first-order valence-electron chi connectivity index (χ1n) is 8.17. The Morgan fingerprint density at radius 2 is 2.04 bits per heavy atom. The fraction of sp³-hybridized carbons (Fsp3) is 0.556. The molecule has 1 heterocycles. The van der Waals surface area contributed by atoms with Gasteiger partial charge in [-0.25, -0.2) is 0 Å². The molecule has 0 bridgehead atoms. The van der Waals surface area contributed by atoms with Gasteiger partial charge in [-0.1, -0.05) is 12.1 Å². The van der Waals surface area contributed by atoms with Crippen LogP contribution in [0.15, 0.2) is 24.3 Å². The normalized spacial score (nSPS) is 20.9. The van der Waals surface area contributed by atoms with E-state index in [0.29, 0.717) is 30.7 Å². The molecule has 2 rings (SSSR count). The van der Waals surface area contributed by atoms with Gasteiger partial charge in [0, 0.05) is 20.2 Å². The lowest BCUT2D eigenvalue weighted by Gasteiger charge is -2.39. The monoisotopic (exact) mass is 335 g/mol. The summed E-state index contributed by atoms with van der Waals surface area (Å²) in [6.45, 7) is 4.57. The lowest BCUT2D eigenvalue weighted by atomic mass is 9.80. The minimum atomic E-state index is -1.05. The summed E-state index contributed by atoms with van der Waals surface area (Å²) in [5.41, 5.74) is -0.582. The van der Waals surface area contributed by atoms with Gasteiger partial charge in [-0.15, -0.1) is 0 Å². The van der Waals surface area contributed by atoms with Gasteiger partial charge in [0.25, 0.3) is 5.91 Å². The number of carboxylic acid groups (broad SMARTS) is 1. The Morgan fingerprint density at radius 3 is 2.67 bits per heavy atom. The molecule has 132 valence electrons. The van der Waals surface area contributed by atoms with Crippen LogP contribution in [0.2, 0.25) is 0 Å². The highest BCUT2D eigenvalue weighted by Gasteiger charge is 2.44. The second-order valence-corrected chi connectivity index (χ2v) is 6.51. The molecule has 1 N–H and O–H groups in total. The van der Waals surface area contributed by atoms with Crippen molar-refractivity contribution in [3.63, 3.8) is 0 Å². The quantitative estimate of drug-likeness (QED) is 0.864. The van der Waals surface area contributed by atoms with Crippen molar-refractivity contribution in [2.75, 3.05) is 26.8 Å². The minimum Gasteiger partial charge on any atom is -0.490 e. The molecule has 0 saturated carbocycles. The van der Waals surface area contributed by atoms with Crippen LogP contribution in [0.1, 0.15) is 37.0 Å². The molecule has 0 radical (unpaired) electrons. The molecule has 1 aromatic rings. The number of hydrogen-bond acceptors (Lipinski definition) is 4. The maximum Gasteiger partial charge on any atom is 0.313 e. The van der Waals surface area contributed by atoms with E-state index in [0.717, 1.165) is 0 Å². The topological polar surface area (TPSA) is 76.1 Å². The Balaban J connectivity index is 2.25. The molecule has 1 aliphatic heterocycles. The maximum absolute atomic E-state index is 12.9. The number of ether oxygens (including phenoxy) is 2. The third-order valence-electron chi connectivity index (χ3n) is 4.22. The number of carbonyl (C=O) groups is 2. The molecule has 1 saturated heterocycles. The van der Waals surface area contributed by atoms with Gasteiger partial charge in [-0.3, -0.25) is 9.59 Å². The van der Waals surface area contributed by atoms with Gasteiger partial charge in [0.2, 0.25) is 0 Å². The van der Waals surface area contributed by atoms with Gasteiger partial charge in [-0.2, -0.15) is 0 Å². The molecule has 0 spiro atoms. The first-order chi connectivity index (χ1) is 11.4. The number of aliphatic carboxylic acids is 1. The van der Waals surface area contributed by atoms with Crippen LogP contribution in [0.3, 0.4) is 0 Å². The number of nitrogens with zero attached hydrogens (tertiary/aromatic N) is 1. The number of rotatable bonds is 6. The van der Waals surface area contributed by atoms with Gasteiger partial charge >= 0.3 is 5.97 Å². The summed E-state index contributed by atoms with van der Waals surface area (Å²) < 4.78 is 10.8. The zero-order chi connectivity index (χ0) is 17.7. The molecule has 0 aliphatic carbocycles. The van der Waals surface area contributed by atoms with E-state index in [4.69, 9.17) is 9.47 Å². The number of benzene rings is 1. The van der Waals surface area contributed by atoms with Crippen molar-refractivity contribution in [3.8, 4) is 5.75 Å². The summed E-state index contributed by atoms with van der Waals surface area (Å²) in [6.07, 6.45) is 1.09. The molecule has 1 amide bonds. The zero-order valence-electron chi connectivity index (χ0n) is 14.4. The van der Waals surface area contributed by atoms with Crippen LogP contribution in [0.4, 0.5) is 0 Å². The number of amides is 1. The molecular weight excluding hydrogens is 310 g/mol. The van der Waals surface area contributed by atoms with Crippen molar-refractivity contribution in [1.82, 2.24) is 4.90 Å². The van der Waals surface area contributed by atoms with E-state index >= 15 is 0 Å². The number of hydrogen-bond donors (Lipinski definition) is 1. The second kappa shape index (κ2) is 7.66. The fourth-order valence-electron chi connectivity index (χ4n) is 3.11. The Labute approximate surface area is 142 Å². The van der Waals surface area contributed by atoms with Crippen LogP contribution in [0.5, 0.6) is 5.75 Å². The smallest absolute Gasteiger partial charge is 0.313 e. The van der Waals surface area contributed by atoms with E-state index in [-0.39, 0.29) is 25.2 Å². The highest BCUT2D eigenvalue weighted by molar-refractivity contribution is 5.97. The van der Waals surface area contributed by atoms with E-state index in [2.05, 4.69) is 0 Å². The first kappa shape index (κ1) is 18.3. The standard InChI is InChI=1S/C18H25NO5/c1-13(2)24-15-8-5-4-7-14(15)16(20)19-10-6-9-18(11-19,12-23-3)17(21)22/h4-5,7-8,13H,6,9-12H2,1-3H3,(H,21,22). The minimum absolute atomic E-state index is 0.0492. The third-order valence-corrected chi connectivity index (χ3v) is 4.22. The SMILES string of the molecule is COCC1(C(=O)O)CCCN(C(=O)c2ccccc2OC(C)C)C1. The molecule has 1 unspecified atom stereocenters. The van der Waals surface area contributed by atoms with E-state index in [1.54, 1.807) is 23.1 Å². The molecule has 0 aromatic heterocycles. The molecule has 24 heavy (non-hydrogen) atoms. The van der Waals surface area contributed by atoms with Crippen LogP contribution in [-0.4, -0.2) is 54.8 Å². The summed E-state index contributed by atoms with van der Waals surface area (Å²) >= 11 is 0. The fourth-order valence-corrected chi connectivity index (χ4v) is 3.11. The predicted octanol–water partition coefficient (Wildman–Crippen LogP) is 2.43. The van der Waals surface area contributed by atoms with Crippen LogP contribution >= 0.6 is 0 Å². The predicted molar refractivity (Wildman–Crippen MR) is 89.3 cm³/mol. The maximum atomic E-state index is 12.9. The average Bonchev–Trinajstić information content (AvgIpc) is 2.54. The Morgan fingerprint density at radius 1 is 1.33 bits per heavy atom. The summed E-state index contributed by atoms with van der Waals surface area (Å²) in [7, 11) is 1.48. The summed E-state index contributed by atoms with van der Waals surface area (Å²) in [5.74, 6) is -0.600. The van der Waals surface area contributed by atoms with Crippen LogP contribution in [-0.2, 0) is 9.53 Å². The summed E-state index contributed by atoms with van der Waals surface area (Å²) in [4.78, 5) is 26.3. The van der Waals surface area contributed by atoms with Crippen molar-refractivity contribution in [2.45, 2.75) is 32.8 Å². The molecule has 1 atom stereocenters. The van der Waals surface area contributed by atoms with Gasteiger partial charge in [-0.05, 0) is 38.8 Å². The van der Waals surface area contributed by atoms with Gasteiger partial charge in [0.15, 0.2) is 0 Å². The van der Waals surface area contributed by atoms with Crippen LogP contribution in [0.25, 0.3) is 0 Å². The average molecular weight is 335 g/mol. The van der Waals surface area contributed by atoms with Crippen LogP contribution < -0.4 is 4.74 Å². The highest BCUT2D eigenvalue weighted by atomic mass is 16.5. The largest absolute Gasteiger partial charge is 0.490 e. The lowest BCUT2D eigenvalue weighted by molar-refractivity contribution is -0.155. The molecule has 1 aromatic carbocycles. The van der Waals surface area contributed by atoms with Crippen LogP contribution in [0, 0.1) is 5.41 Å². The number of methoxy groups -OCH3 is 1. The Bertz CT molecular complexity index is 597. The highest BCUT2D eigenvalue weighted by Crippen LogP contribution is 2.32. The van der Waals surface area contributed by atoms with Crippen molar-refractivity contribution >= 4 is 11.9 Å². The Kier molecular flexibility index (Phi) is 5.83. The van der Waals surface area contributed by atoms with E-state index < -0.39 is 11.4 Å². The summed E-state index contributed by atoms with van der Waals surface area (Å²) in [5, 5.41) is 9.62. The van der Waals surface area contributed by atoms with Crippen molar-refractivity contribution in [3.05, 3.63) is 29.8 Å². The van der Waals surface area contributed by atoms with Gasteiger partial charge < -0.3 is 19.5 Å². The van der Waals surface area contributed by atoms with Gasteiger partial charge in [0.05, 0.1) is 18.3 Å². The molecule has 6 heteroatoms. The number of piperidine rings is 1. The van der Waals surface area contributed by atoms with E-state index in [1.165, 1.54) is 7.11 Å².